The van der Waals surface area contributed by atoms with Gasteiger partial charge in [0.1, 0.15) is 34.6 Å². The van der Waals surface area contributed by atoms with Crippen LogP contribution in [0.4, 0.5) is 4.39 Å². The molecule has 730 valence electrons. The van der Waals surface area contributed by atoms with Gasteiger partial charge in [-0.15, -0.1) is 62.0 Å². The molecule has 0 spiro atoms. The van der Waals surface area contributed by atoms with Crippen molar-refractivity contribution in [1.82, 2.24) is 26.6 Å². The third kappa shape index (κ3) is 35.3. The van der Waals surface area contributed by atoms with Crippen LogP contribution in [0.1, 0.15) is 106 Å². The topological polar surface area (TPSA) is 161 Å². The second-order valence-corrected chi connectivity index (χ2v) is 40.3. The van der Waals surface area contributed by atoms with Gasteiger partial charge in [-0.1, -0.05) is 406 Å². The van der Waals surface area contributed by atoms with Gasteiger partial charge in [0.05, 0.1) is 0 Å². The van der Waals surface area contributed by atoms with Gasteiger partial charge in [0.15, 0.2) is 0 Å². The maximum absolute atomic E-state index is 13.8. The molecule has 10 nitrogen and oxygen atoms in total. The monoisotopic (exact) mass is 2070 g/mol. The normalized spacial score (nSPS) is 10.9. The molecule has 0 aliphatic rings. The fourth-order valence-electron chi connectivity index (χ4n) is 16.4. The van der Waals surface area contributed by atoms with E-state index in [2.05, 4.69) is 271 Å². The lowest BCUT2D eigenvalue weighted by Gasteiger charge is -2.16. The summed E-state index contributed by atoms with van der Waals surface area (Å²) in [6.07, 6.45) is 4.69. The van der Waals surface area contributed by atoms with Crippen LogP contribution in [0.25, 0.3) is 11.1 Å². The Bertz CT molecular complexity index is 6660. The van der Waals surface area contributed by atoms with Crippen molar-refractivity contribution in [3.05, 3.63) is 506 Å². The number of phenolic OH excluding ortho intramolecular Hbond substituents is 5. The maximum Gasteiger partial charge on any atom is 0.131 e. The predicted octanol–water partition coefficient (Wildman–Crippen LogP) is 22.8. The SMILES string of the molecule is CNCc1cc(C)ccc1Pc1cc(Cc2ccccc2)ccc1O.CNCc1cc(F)ccc1Pc1cc(Cc2ccccc2)cc(Cc2ccccc2)c1O.CNCc1cccc(C)c1Pc1cccc(Cc2ccccc2)c1O.CNCc1ccccc1Pc1cc(Cc2ccccc2)cc(Cc2ccccc2)c1O.CNCc1ccccc1Pc1cccc(-c2ccccc2)c1O.Cl.Cl.Cl.Cl.Cl. The Morgan fingerprint density at radius 3 is 1.00 bits per heavy atom. The summed E-state index contributed by atoms with van der Waals surface area (Å²) in [4.78, 5) is 0. The number of phenols is 5. The quantitative estimate of drug-likeness (QED) is 0.0179. The molecule has 5 atom stereocenters. The Hall–Kier alpha value is -10.9. The van der Waals surface area contributed by atoms with Gasteiger partial charge >= 0.3 is 0 Å². The highest BCUT2D eigenvalue weighted by molar-refractivity contribution is 7.57. The van der Waals surface area contributed by atoms with Gasteiger partial charge < -0.3 is 52.1 Å². The Kier molecular flexibility index (Phi) is 50.0. The van der Waals surface area contributed by atoms with E-state index >= 15 is 0 Å². The molecule has 0 amide bonds. The summed E-state index contributed by atoms with van der Waals surface area (Å²) < 4.78 is 13.8. The lowest BCUT2D eigenvalue weighted by molar-refractivity contribution is 0.473. The molecule has 5 unspecified atom stereocenters. The van der Waals surface area contributed by atoms with Crippen molar-refractivity contribution in [2.45, 2.75) is 85.1 Å². The molecule has 0 saturated heterocycles. The molecule has 17 aromatic rings. The first-order valence-electron chi connectivity index (χ1n) is 46.1. The molecule has 0 heterocycles. The molecule has 141 heavy (non-hydrogen) atoms. The molecule has 0 aromatic heterocycles. The van der Waals surface area contributed by atoms with Gasteiger partial charge in [-0.05, 0) is 237 Å². The number of benzene rings is 17. The van der Waals surface area contributed by atoms with Crippen LogP contribution in [0, 0.1) is 19.7 Å². The largest absolute Gasteiger partial charge is 0.507 e. The zero-order valence-corrected chi connectivity index (χ0v) is 89.5. The number of rotatable bonds is 33. The standard InChI is InChI=1S/C28H27FNOP.C28H28NOP.2C22H24NOP.C20H20NOP.5ClH/c1-30-19-24-18-25(29)12-13-26(24)32-27-17-22(14-20-8-4-2-5-9-20)16-23(28(27)31)15-21-10-6-3-7-11-21;1-29-20-24-14-8-9-15-26(24)31-27-19-23(16-21-10-4-2-5-11-21)18-25(28(27)30)17-22-12-6-3-7-13-22;1-16-8-6-12-19(15-23-2)22(16)25-20-13-7-11-18(21(20)24)14-17-9-4-3-5-10-17;1-16-8-11-21(19(12-16)15-23-2)25-22-14-18(9-10-20(22)24)13-17-6-4-3-5-7-17;1-21-14-16-10-5-6-12-18(16)23-19-13-7-11-17(20(19)22)15-8-3-2-4-9-15;;;;;/h2-13,16-18,30-32H,14-15,19H2,1H3;2-15,18-19,29-31H,16-17,20H2,1H3;3-13,23-25H,14-15H2,1-2H3;3-12,14,23-25H,13,15H2,1-2H3;2-13,21-23H,14H2,1H3;5*1H. The number of aryl methyl sites for hydroxylation is 2. The molecule has 0 bridgehead atoms. The highest BCUT2D eigenvalue weighted by Gasteiger charge is 2.20. The zero-order valence-electron chi connectivity index (χ0n) is 80.5. The van der Waals surface area contributed by atoms with Gasteiger partial charge in [0.2, 0.25) is 0 Å². The smallest absolute Gasteiger partial charge is 0.131 e. The predicted molar refractivity (Wildman–Crippen MR) is 621 cm³/mol. The van der Waals surface area contributed by atoms with Crippen LogP contribution in [-0.4, -0.2) is 60.8 Å². The third-order valence-electron chi connectivity index (χ3n) is 23.2. The molecule has 10 N–H and O–H groups in total. The Labute approximate surface area is 873 Å². The van der Waals surface area contributed by atoms with Gasteiger partial charge in [-0.3, -0.25) is 0 Å². The van der Waals surface area contributed by atoms with E-state index < -0.39 is 0 Å². The minimum Gasteiger partial charge on any atom is -0.507 e. The highest BCUT2D eigenvalue weighted by atomic mass is 35.5. The van der Waals surface area contributed by atoms with Gasteiger partial charge in [-0.25, -0.2) is 4.39 Å². The zero-order chi connectivity index (χ0) is 95.2. The fourth-order valence-corrected chi connectivity index (χ4v) is 22.9. The molecular formula is C120H128Cl5FN5O5P5. The third-order valence-corrected chi connectivity index (χ3v) is 30.5. The molecule has 0 aliphatic carbocycles. The van der Waals surface area contributed by atoms with Gasteiger partial charge in [-0.2, -0.15) is 0 Å². The summed E-state index contributed by atoms with van der Waals surface area (Å²) in [6.45, 7) is 8.19. The van der Waals surface area contributed by atoms with E-state index in [1.807, 2.05) is 187 Å². The summed E-state index contributed by atoms with van der Waals surface area (Å²) >= 11 is 0. The number of nitrogens with one attached hydrogen (secondary N) is 5. The Balaban J connectivity index is 0.000000215. The molecule has 17 aromatic carbocycles. The summed E-state index contributed by atoms with van der Waals surface area (Å²) in [5.74, 6) is 1.73. The first-order chi connectivity index (χ1) is 66.5. The van der Waals surface area contributed by atoms with E-state index in [-0.39, 0.29) is 76.4 Å². The van der Waals surface area contributed by atoms with Crippen molar-refractivity contribution in [3.63, 3.8) is 0 Å². The van der Waals surface area contributed by atoms with Crippen LogP contribution in [0.15, 0.2) is 394 Å². The molecule has 21 heteroatoms. The number of para-hydroxylation sites is 2. The minimum absolute atomic E-state index is 0. The van der Waals surface area contributed by atoms with Crippen molar-refractivity contribution in [3.8, 4) is 39.9 Å². The number of aromatic hydroxyl groups is 5. The van der Waals surface area contributed by atoms with Crippen molar-refractivity contribution >= 4 is 158 Å². The Morgan fingerprint density at radius 2 is 0.539 bits per heavy atom. The molecule has 17 rings (SSSR count). The summed E-state index contributed by atoms with van der Waals surface area (Å²) in [6, 6.07) is 134. The molecule has 0 saturated carbocycles. The van der Waals surface area contributed by atoms with Crippen molar-refractivity contribution < 1.29 is 29.9 Å². The number of halogens is 6. The average molecular weight is 2070 g/mol. The lowest BCUT2D eigenvalue weighted by Crippen LogP contribution is -2.17. The van der Waals surface area contributed by atoms with Crippen LogP contribution >= 0.6 is 105 Å². The molecule has 0 aliphatic heterocycles. The maximum atomic E-state index is 13.8. The van der Waals surface area contributed by atoms with E-state index in [1.165, 1.54) is 105 Å². The Morgan fingerprint density at radius 1 is 0.220 bits per heavy atom. The van der Waals surface area contributed by atoms with E-state index in [1.54, 1.807) is 6.07 Å². The highest BCUT2D eigenvalue weighted by Crippen LogP contribution is 2.35. The van der Waals surface area contributed by atoms with Crippen molar-refractivity contribution in [1.29, 1.82) is 0 Å². The average Bonchev–Trinajstić information content (AvgIpc) is 0.824. The van der Waals surface area contributed by atoms with Crippen molar-refractivity contribution in [2.75, 3.05) is 35.2 Å². The molecule has 0 fully saturated rings. The number of hydrogen-bond acceptors (Lipinski definition) is 10. The second kappa shape index (κ2) is 61.1. The lowest BCUT2D eigenvalue weighted by atomic mass is 9.98. The van der Waals surface area contributed by atoms with E-state index in [9.17, 15) is 29.9 Å². The van der Waals surface area contributed by atoms with Gasteiger partial charge in [0.25, 0.3) is 0 Å². The van der Waals surface area contributed by atoms with Crippen LogP contribution in [0.3, 0.4) is 0 Å². The fraction of sp³-hybridized carbons (Fsp3) is 0.150. The van der Waals surface area contributed by atoms with E-state index in [0.29, 0.717) is 76.0 Å². The molecular weight excluding hydrogens is 1940 g/mol. The number of hydrogen-bond donors (Lipinski definition) is 10. The van der Waals surface area contributed by atoms with Gasteiger partial charge in [0, 0.05) is 84.1 Å². The first kappa shape index (κ1) is 115. The van der Waals surface area contributed by atoms with Crippen molar-refractivity contribution in [2.24, 2.45) is 0 Å². The van der Waals surface area contributed by atoms with Crippen LogP contribution < -0.4 is 79.6 Å². The minimum atomic E-state index is -0.240. The van der Waals surface area contributed by atoms with Crippen LogP contribution in [-0.2, 0) is 71.2 Å². The van der Waals surface area contributed by atoms with E-state index in [0.717, 1.165) is 129 Å². The second-order valence-electron chi connectivity index (χ2n) is 33.7. The van der Waals surface area contributed by atoms with Crippen LogP contribution in [0.5, 0.6) is 28.7 Å². The first-order valence-corrected chi connectivity index (χ1v) is 51.1. The summed E-state index contributed by atoms with van der Waals surface area (Å²) in [5.41, 5.74) is 24.5. The molecule has 0 radical (unpaired) electrons. The summed E-state index contributed by atoms with van der Waals surface area (Å²) in [7, 11) is 11.7. The summed E-state index contributed by atoms with van der Waals surface area (Å²) in [5, 5.41) is 81.4. The van der Waals surface area contributed by atoms with E-state index in [4.69, 9.17) is 0 Å². The van der Waals surface area contributed by atoms with Crippen LogP contribution in [0.2, 0.25) is 0 Å².